The van der Waals surface area contributed by atoms with Crippen LogP contribution in [0, 0.1) is 11.7 Å². The summed E-state index contributed by atoms with van der Waals surface area (Å²) in [5.41, 5.74) is -0.265. The van der Waals surface area contributed by atoms with Gasteiger partial charge in [-0.05, 0) is 25.0 Å². The van der Waals surface area contributed by atoms with Crippen molar-refractivity contribution in [1.82, 2.24) is 5.32 Å². The van der Waals surface area contributed by atoms with Crippen molar-refractivity contribution in [3.05, 3.63) is 28.5 Å². The number of rotatable bonds is 4. The van der Waals surface area contributed by atoms with Crippen molar-refractivity contribution in [1.29, 1.82) is 0 Å². The molecule has 0 aliphatic heterocycles. The maximum absolute atomic E-state index is 13.6. The Bertz CT molecular complexity index is 632. The van der Waals surface area contributed by atoms with Gasteiger partial charge in [0, 0.05) is 16.7 Å². The molecule has 0 spiro atoms. The van der Waals surface area contributed by atoms with Gasteiger partial charge < -0.3 is 5.32 Å². The van der Waals surface area contributed by atoms with Crippen LogP contribution in [0.5, 0.6) is 0 Å². The van der Waals surface area contributed by atoms with Crippen molar-refractivity contribution in [3.63, 3.8) is 0 Å². The molecule has 20 heavy (non-hydrogen) atoms. The van der Waals surface area contributed by atoms with Crippen molar-refractivity contribution in [2.45, 2.75) is 31.7 Å². The molecule has 1 aromatic rings. The van der Waals surface area contributed by atoms with Crippen LogP contribution in [0.1, 0.15) is 31.1 Å². The van der Waals surface area contributed by atoms with E-state index in [2.05, 4.69) is 5.32 Å². The smallest absolute Gasteiger partial charge is 0.261 e. The zero-order valence-electron chi connectivity index (χ0n) is 11.1. The van der Waals surface area contributed by atoms with Crippen molar-refractivity contribution < 1.29 is 17.6 Å². The lowest BCUT2D eigenvalue weighted by Gasteiger charge is -2.18. The Labute approximate surface area is 126 Å². The predicted octanol–water partition coefficient (Wildman–Crippen LogP) is 3.18. The van der Waals surface area contributed by atoms with Gasteiger partial charge in [0.2, 0.25) is 0 Å². The molecule has 1 amide bonds. The fraction of sp³-hybridized carbons (Fsp3) is 0.417. The Morgan fingerprint density at radius 2 is 1.85 bits per heavy atom. The van der Waals surface area contributed by atoms with E-state index < -0.39 is 30.7 Å². The van der Waals surface area contributed by atoms with E-state index in [1.807, 2.05) is 13.8 Å². The number of halogens is 3. The monoisotopic (exact) mass is 341 g/mol. The lowest BCUT2D eigenvalue weighted by atomic mass is 10.1. The average Bonchev–Trinajstić information content (AvgIpc) is 2.30. The Morgan fingerprint density at radius 3 is 2.30 bits per heavy atom. The number of nitrogens with one attached hydrogen (secondary N) is 1. The summed E-state index contributed by atoms with van der Waals surface area (Å²) in [4.78, 5) is 11.5. The zero-order chi connectivity index (χ0) is 15.7. The molecule has 1 unspecified atom stereocenters. The molecule has 0 radical (unpaired) electrons. The molecular weight excluding hydrogens is 328 g/mol. The van der Waals surface area contributed by atoms with Crippen LogP contribution in [0.4, 0.5) is 4.39 Å². The van der Waals surface area contributed by atoms with Crippen LogP contribution in [0.3, 0.4) is 0 Å². The number of carbonyl (C=O) groups is 1. The number of amides is 1. The van der Waals surface area contributed by atoms with Crippen LogP contribution in [0.2, 0.25) is 5.02 Å². The molecule has 1 N–H and O–H groups in total. The van der Waals surface area contributed by atoms with Crippen molar-refractivity contribution in [2.24, 2.45) is 5.92 Å². The van der Waals surface area contributed by atoms with Crippen LogP contribution < -0.4 is 5.32 Å². The van der Waals surface area contributed by atoms with Crippen LogP contribution in [-0.2, 0) is 9.05 Å². The van der Waals surface area contributed by atoms with Crippen molar-refractivity contribution >= 4 is 37.2 Å². The molecule has 0 bridgehead atoms. The van der Waals surface area contributed by atoms with E-state index in [-0.39, 0.29) is 17.5 Å². The van der Waals surface area contributed by atoms with Gasteiger partial charge in [0.05, 0.1) is 15.5 Å². The van der Waals surface area contributed by atoms with Gasteiger partial charge in [0.25, 0.3) is 15.0 Å². The summed E-state index contributed by atoms with van der Waals surface area (Å²) in [6.45, 7) is 5.56. The van der Waals surface area contributed by atoms with Gasteiger partial charge in [-0.2, -0.15) is 0 Å². The lowest BCUT2D eigenvalue weighted by molar-refractivity contribution is 0.0930. The van der Waals surface area contributed by atoms with E-state index in [1.54, 1.807) is 6.92 Å². The van der Waals surface area contributed by atoms with Gasteiger partial charge in [0.15, 0.2) is 0 Å². The molecule has 0 aromatic heterocycles. The molecular formula is C12H14Cl2FNO3S. The Kier molecular flexibility index (Phi) is 5.40. The van der Waals surface area contributed by atoms with E-state index >= 15 is 0 Å². The minimum Gasteiger partial charge on any atom is -0.349 e. The Balaban J connectivity index is 3.24. The molecule has 0 saturated carbocycles. The first-order valence-corrected chi connectivity index (χ1v) is 8.47. The highest BCUT2D eigenvalue weighted by atomic mass is 35.7. The first-order valence-electron chi connectivity index (χ1n) is 5.78. The summed E-state index contributed by atoms with van der Waals surface area (Å²) < 4.78 is 36.0. The highest BCUT2D eigenvalue weighted by molar-refractivity contribution is 8.13. The Morgan fingerprint density at radius 1 is 1.30 bits per heavy atom. The summed E-state index contributed by atoms with van der Waals surface area (Å²) in [5.74, 6) is -1.52. The van der Waals surface area contributed by atoms with Crippen LogP contribution >= 0.6 is 22.3 Å². The number of hydrogen-bond donors (Lipinski definition) is 1. The van der Waals surface area contributed by atoms with Gasteiger partial charge in [-0.15, -0.1) is 0 Å². The van der Waals surface area contributed by atoms with Crippen molar-refractivity contribution in [3.8, 4) is 0 Å². The minimum atomic E-state index is -4.15. The summed E-state index contributed by atoms with van der Waals surface area (Å²) in [6, 6.07) is 1.45. The SMILES string of the molecule is CC(C)C(C)NC(=O)c1cc(S(=O)(=O)Cl)cc(F)c1Cl. The largest absolute Gasteiger partial charge is 0.349 e. The molecule has 0 fully saturated rings. The van der Waals surface area contributed by atoms with Gasteiger partial charge in [-0.25, -0.2) is 12.8 Å². The summed E-state index contributed by atoms with van der Waals surface area (Å²) in [6.07, 6.45) is 0. The van der Waals surface area contributed by atoms with E-state index in [1.165, 1.54) is 0 Å². The molecule has 8 heteroatoms. The molecule has 0 aliphatic rings. The summed E-state index contributed by atoms with van der Waals surface area (Å²) in [7, 11) is 0.997. The molecule has 1 aromatic carbocycles. The average molecular weight is 342 g/mol. The van der Waals surface area contributed by atoms with E-state index in [0.29, 0.717) is 6.07 Å². The third-order valence-corrected chi connectivity index (χ3v) is 4.60. The summed E-state index contributed by atoms with van der Waals surface area (Å²) >= 11 is 5.70. The van der Waals surface area contributed by atoms with Crippen molar-refractivity contribution in [2.75, 3.05) is 0 Å². The Hall–Kier alpha value is -0.850. The van der Waals surface area contributed by atoms with Gasteiger partial charge in [-0.3, -0.25) is 4.79 Å². The first-order chi connectivity index (χ1) is 9.04. The molecule has 1 rings (SSSR count). The molecule has 112 valence electrons. The standard InChI is InChI=1S/C12H14Cl2FNO3S/c1-6(2)7(3)16-12(17)9-4-8(20(14,18)19)5-10(15)11(9)13/h4-7H,1-3H3,(H,16,17). The van der Waals surface area contributed by atoms with Gasteiger partial charge in [0.1, 0.15) is 5.82 Å². The third-order valence-electron chi connectivity index (χ3n) is 2.89. The predicted molar refractivity (Wildman–Crippen MR) is 76.2 cm³/mol. The maximum atomic E-state index is 13.6. The second-order valence-electron chi connectivity index (χ2n) is 4.71. The maximum Gasteiger partial charge on any atom is 0.261 e. The topological polar surface area (TPSA) is 63.2 Å². The highest BCUT2D eigenvalue weighted by Gasteiger charge is 2.22. The van der Waals surface area contributed by atoms with E-state index in [4.69, 9.17) is 22.3 Å². The molecule has 4 nitrogen and oxygen atoms in total. The summed E-state index contributed by atoms with van der Waals surface area (Å²) in [5, 5.41) is 2.17. The second-order valence-corrected chi connectivity index (χ2v) is 7.65. The number of hydrogen-bond acceptors (Lipinski definition) is 3. The van der Waals surface area contributed by atoms with E-state index in [9.17, 15) is 17.6 Å². The van der Waals surface area contributed by atoms with Crippen LogP contribution in [-0.4, -0.2) is 20.4 Å². The fourth-order valence-electron chi connectivity index (χ4n) is 1.32. The molecule has 0 saturated heterocycles. The molecule has 0 aliphatic carbocycles. The second kappa shape index (κ2) is 6.28. The quantitative estimate of drug-likeness (QED) is 0.855. The molecule has 0 heterocycles. The first kappa shape index (κ1) is 17.2. The number of benzene rings is 1. The van der Waals surface area contributed by atoms with Crippen LogP contribution in [0.15, 0.2) is 17.0 Å². The third kappa shape index (κ3) is 4.07. The molecule has 1 atom stereocenters. The van der Waals surface area contributed by atoms with Crippen LogP contribution in [0.25, 0.3) is 0 Å². The van der Waals surface area contributed by atoms with Gasteiger partial charge in [-0.1, -0.05) is 25.4 Å². The highest BCUT2D eigenvalue weighted by Crippen LogP contribution is 2.26. The lowest BCUT2D eigenvalue weighted by Crippen LogP contribution is -2.36. The normalized spacial score (nSPS) is 13.3. The number of carbonyl (C=O) groups excluding carboxylic acids is 1. The fourth-order valence-corrected chi connectivity index (χ4v) is 2.29. The van der Waals surface area contributed by atoms with Gasteiger partial charge >= 0.3 is 0 Å². The zero-order valence-corrected chi connectivity index (χ0v) is 13.4. The van der Waals surface area contributed by atoms with E-state index in [0.717, 1.165) is 6.07 Å². The minimum absolute atomic E-state index is 0.155.